The molecule has 0 saturated carbocycles. The summed E-state index contributed by atoms with van der Waals surface area (Å²) in [5.74, 6) is 2.39. The van der Waals surface area contributed by atoms with Crippen molar-refractivity contribution >= 4 is 23.1 Å². The van der Waals surface area contributed by atoms with Crippen molar-refractivity contribution in [2.45, 2.75) is 30.7 Å². The van der Waals surface area contributed by atoms with Crippen molar-refractivity contribution in [1.29, 1.82) is 0 Å². The van der Waals surface area contributed by atoms with E-state index < -0.39 is 0 Å². The molecule has 104 valence electrons. The molecule has 20 heavy (non-hydrogen) atoms. The molecular formula is C12H12N4O2S2. The first kappa shape index (κ1) is 13.3. The predicted molar refractivity (Wildman–Crippen MR) is 75.5 cm³/mol. The summed E-state index contributed by atoms with van der Waals surface area (Å²) in [5, 5.41) is 14.4. The van der Waals surface area contributed by atoms with Gasteiger partial charge in [-0.05, 0) is 17.9 Å². The first-order valence-corrected chi connectivity index (χ1v) is 8.03. The quantitative estimate of drug-likeness (QED) is 0.645. The summed E-state index contributed by atoms with van der Waals surface area (Å²) in [5.41, 5.74) is 0. The fraction of sp³-hybridized carbons (Fsp3) is 0.333. The van der Waals surface area contributed by atoms with Gasteiger partial charge in [0.25, 0.3) is 11.1 Å². The lowest BCUT2D eigenvalue weighted by Gasteiger charge is -1.89. The van der Waals surface area contributed by atoms with Gasteiger partial charge in [-0.15, -0.1) is 21.5 Å². The largest absolute Gasteiger partial charge is 0.410 e. The van der Waals surface area contributed by atoms with E-state index in [4.69, 9.17) is 8.94 Å². The summed E-state index contributed by atoms with van der Waals surface area (Å²) in [4.78, 5) is 5.25. The molecule has 0 unspecified atom stereocenters. The van der Waals surface area contributed by atoms with E-state index in [0.29, 0.717) is 22.8 Å². The van der Waals surface area contributed by atoms with Crippen LogP contribution in [0, 0.1) is 0 Å². The Morgan fingerprint density at radius 3 is 3.10 bits per heavy atom. The molecule has 0 spiro atoms. The predicted octanol–water partition coefficient (Wildman–Crippen LogP) is 3.43. The summed E-state index contributed by atoms with van der Waals surface area (Å²) in [7, 11) is 0. The van der Waals surface area contributed by atoms with Gasteiger partial charge in [0.15, 0.2) is 5.82 Å². The molecule has 0 fully saturated rings. The first-order chi connectivity index (χ1) is 9.85. The molecule has 0 aliphatic rings. The summed E-state index contributed by atoms with van der Waals surface area (Å²) < 4.78 is 10.7. The highest BCUT2D eigenvalue weighted by molar-refractivity contribution is 7.98. The van der Waals surface area contributed by atoms with Crippen molar-refractivity contribution in [2.75, 3.05) is 0 Å². The van der Waals surface area contributed by atoms with E-state index in [2.05, 4.69) is 27.3 Å². The van der Waals surface area contributed by atoms with E-state index in [1.54, 1.807) is 11.3 Å². The second kappa shape index (κ2) is 6.19. The molecule has 0 aromatic carbocycles. The molecule has 0 bridgehead atoms. The average molecular weight is 308 g/mol. The Bertz CT molecular complexity index is 663. The van der Waals surface area contributed by atoms with Crippen LogP contribution in [0.15, 0.2) is 31.7 Å². The van der Waals surface area contributed by atoms with Gasteiger partial charge < -0.3 is 8.94 Å². The van der Waals surface area contributed by atoms with Crippen LogP contribution >= 0.6 is 23.1 Å². The van der Waals surface area contributed by atoms with Crippen LogP contribution in [0.4, 0.5) is 0 Å². The zero-order valence-corrected chi connectivity index (χ0v) is 12.4. The number of nitrogens with zero attached hydrogens (tertiary/aromatic N) is 4. The van der Waals surface area contributed by atoms with E-state index in [-0.39, 0.29) is 0 Å². The highest BCUT2D eigenvalue weighted by Gasteiger charge is 2.12. The summed E-state index contributed by atoms with van der Waals surface area (Å²) in [6, 6.07) is 3.90. The summed E-state index contributed by atoms with van der Waals surface area (Å²) in [6.07, 6.45) is 1.83. The lowest BCUT2D eigenvalue weighted by Crippen LogP contribution is -1.86. The fourth-order valence-electron chi connectivity index (χ4n) is 1.57. The number of rotatable bonds is 6. The third kappa shape index (κ3) is 3.07. The molecular weight excluding hydrogens is 296 g/mol. The molecule has 3 rings (SSSR count). The van der Waals surface area contributed by atoms with Gasteiger partial charge in [-0.2, -0.15) is 4.98 Å². The lowest BCUT2D eigenvalue weighted by atomic mass is 10.3. The van der Waals surface area contributed by atoms with Crippen molar-refractivity contribution in [3.63, 3.8) is 0 Å². The Morgan fingerprint density at radius 1 is 1.35 bits per heavy atom. The van der Waals surface area contributed by atoms with Crippen LogP contribution in [0.5, 0.6) is 0 Å². The van der Waals surface area contributed by atoms with Crippen molar-refractivity contribution in [2.24, 2.45) is 0 Å². The van der Waals surface area contributed by atoms with Crippen LogP contribution in [0.25, 0.3) is 10.8 Å². The molecule has 0 aliphatic heterocycles. The van der Waals surface area contributed by atoms with Gasteiger partial charge in [0.2, 0.25) is 5.89 Å². The monoisotopic (exact) mass is 308 g/mol. The number of hydrogen-bond donors (Lipinski definition) is 0. The first-order valence-electron chi connectivity index (χ1n) is 6.17. The number of hydrogen-bond acceptors (Lipinski definition) is 8. The Labute approximate surface area is 123 Å². The van der Waals surface area contributed by atoms with Crippen LogP contribution in [-0.4, -0.2) is 20.3 Å². The van der Waals surface area contributed by atoms with E-state index in [0.717, 1.165) is 23.5 Å². The van der Waals surface area contributed by atoms with Gasteiger partial charge in [-0.25, -0.2) is 0 Å². The molecule has 0 saturated heterocycles. The molecule has 0 aliphatic carbocycles. The highest BCUT2D eigenvalue weighted by atomic mass is 32.2. The molecule has 0 atom stereocenters. The van der Waals surface area contributed by atoms with Gasteiger partial charge in [-0.1, -0.05) is 29.9 Å². The Kier molecular flexibility index (Phi) is 4.12. The van der Waals surface area contributed by atoms with Crippen LogP contribution in [0.2, 0.25) is 0 Å². The van der Waals surface area contributed by atoms with E-state index in [1.807, 2.05) is 17.5 Å². The van der Waals surface area contributed by atoms with E-state index in [1.165, 1.54) is 11.8 Å². The second-order valence-corrected chi connectivity index (χ2v) is 5.87. The Balaban J connectivity index is 1.60. The number of thioether (sulfide) groups is 1. The molecule has 0 radical (unpaired) electrons. The number of aromatic nitrogens is 4. The van der Waals surface area contributed by atoms with Gasteiger partial charge in [-0.3, -0.25) is 0 Å². The minimum Gasteiger partial charge on any atom is -0.410 e. The Morgan fingerprint density at radius 2 is 2.30 bits per heavy atom. The van der Waals surface area contributed by atoms with Gasteiger partial charge in [0, 0.05) is 6.42 Å². The minimum atomic E-state index is 0.503. The van der Waals surface area contributed by atoms with Gasteiger partial charge >= 0.3 is 0 Å². The van der Waals surface area contributed by atoms with Crippen LogP contribution in [0.3, 0.4) is 0 Å². The third-order valence-electron chi connectivity index (χ3n) is 2.44. The average Bonchev–Trinajstić information content (AvgIpc) is 3.18. The zero-order chi connectivity index (χ0) is 13.8. The second-order valence-electron chi connectivity index (χ2n) is 3.99. The van der Waals surface area contributed by atoms with Gasteiger partial charge in [0.1, 0.15) is 0 Å². The molecule has 3 aromatic heterocycles. The molecule has 3 heterocycles. The van der Waals surface area contributed by atoms with Crippen molar-refractivity contribution in [3.8, 4) is 10.8 Å². The fourth-order valence-corrected chi connectivity index (χ4v) is 2.81. The maximum absolute atomic E-state index is 5.57. The lowest BCUT2D eigenvalue weighted by molar-refractivity contribution is 0.384. The maximum Gasteiger partial charge on any atom is 0.277 e. The normalized spacial score (nSPS) is 11.1. The van der Waals surface area contributed by atoms with Crippen LogP contribution < -0.4 is 0 Å². The molecule has 0 N–H and O–H groups in total. The molecule has 0 amide bonds. The minimum absolute atomic E-state index is 0.503. The zero-order valence-electron chi connectivity index (χ0n) is 10.8. The molecule has 6 nitrogen and oxygen atoms in total. The smallest absolute Gasteiger partial charge is 0.277 e. The third-order valence-corrected chi connectivity index (χ3v) is 4.10. The molecule has 8 heteroatoms. The SMILES string of the molecule is CCCc1noc(CSc2nnc(-c3cccs3)o2)n1. The summed E-state index contributed by atoms with van der Waals surface area (Å²) >= 11 is 2.96. The molecule has 3 aromatic rings. The van der Waals surface area contributed by atoms with Crippen molar-refractivity contribution in [1.82, 2.24) is 20.3 Å². The maximum atomic E-state index is 5.57. The van der Waals surface area contributed by atoms with Crippen LogP contribution in [-0.2, 0) is 12.2 Å². The standard InChI is InChI=1S/C12H12N4O2S2/c1-2-4-9-13-10(18-16-9)7-20-12-15-14-11(17-12)8-5-3-6-19-8/h3,5-6H,2,4,7H2,1H3. The topological polar surface area (TPSA) is 77.8 Å². The van der Waals surface area contributed by atoms with Crippen molar-refractivity contribution < 1.29 is 8.94 Å². The summed E-state index contributed by atoms with van der Waals surface area (Å²) in [6.45, 7) is 2.08. The van der Waals surface area contributed by atoms with Crippen LogP contribution in [0.1, 0.15) is 25.1 Å². The highest BCUT2D eigenvalue weighted by Crippen LogP contribution is 2.27. The van der Waals surface area contributed by atoms with Gasteiger partial charge in [0.05, 0.1) is 10.6 Å². The van der Waals surface area contributed by atoms with E-state index >= 15 is 0 Å². The van der Waals surface area contributed by atoms with Crippen molar-refractivity contribution in [3.05, 3.63) is 29.2 Å². The number of aryl methyl sites for hydroxylation is 1. The van der Waals surface area contributed by atoms with E-state index in [9.17, 15) is 0 Å². The Hall–Kier alpha value is -1.67. The number of thiophene rings is 1.